The Morgan fingerprint density at radius 1 is 0.944 bits per heavy atom. The van der Waals surface area contributed by atoms with Gasteiger partial charge in [0.05, 0.1) is 0 Å². The third kappa shape index (κ3) is 1.96. The van der Waals surface area contributed by atoms with Crippen molar-refractivity contribution in [3.8, 4) is 0 Å². The van der Waals surface area contributed by atoms with Crippen LogP contribution in [0.25, 0.3) is 10.8 Å². The van der Waals surface area contributed by atoms with Gasteiger partial charge in [0, 0.05) is 0 Å². The van der Waals surface area contributed by atoms with E-state index < -0.39 is 6.10 Å². The van der Waals surface area contributed by atoms with E-state index >= 15 is 0 Å². The molecule has 0 bridgehead atoms. The summed E-state index contributed by atoms with van der Waals surface area (Å²) in [6, 6.07) is 17.4. The lowest BCUT2D eigenvalue weighted by Crippen LogP contribution is -1.98. The van der Waals surface area contributed by atoms with Crippen molar-refractivity contribution in [1.29, 1.82) is 0 Å². The fourth-order valence-electron chi connectivity index (χ4n) is 2.12. The third-order valence-electron chi connectivity index (χ3n) is 2.98. The summed E-state index contributed by atoms with van der Waals surface area (Å²) in [5, 5.41) is 12.5. The van der Waals surface area contributed by atoms with Gasteiger partial charge in [-0.25, -0.2) is 0 Å². The maximum atomic E-state index is 10.4. The van der Waals surface area contributed by atoms with Crippen molar-refractivity contribution in [3.63, 3.8) is 0 Å². The van der Waals surface area contributed by atoms with E-state index in [4.69, 9.17) is 4.42 Å². The number of furan rings is 1. The van der Waals surface area contributed by atoms with E-state index in [0.29, 0.717) is 10.4 Å². The second-order valence-corrected chi connectivity index (χ2v) is 4.89. The van der Waals surface area contributed by atoms with Crippen LogP contribution in [0, 0.1) is 0 Å². The number of hydrogen-bond donors (Lipinski definition) is 1. The average molecular weight is 303 g/mol. The molecule has 0 aliphatic carbocycles. The molecule has 1 unspecified atom stereocenters. The van der Waals surface area contributed by atoms with Crippen LogP contribution >= 0.6 is 15.9 Å². The van der Waals surface area contributed by atoms with E-state index in [1.165, 1.54) is 0 Å². The van der Waals surface area contributed by atoms with Gasteiger partial charge in [-0.3, -0.25) is 0 Å². The molecule has 0 amide bonds. The van der Waals surface area contributed by atoms with Crippen LogP contribution in [0.15, 0.2) is 63.7 Å². The van der Waals surface area contributed by atoms with Crippen molar-refractivity contribution in [2.24, 2.45) is 0 Å². The van der Waals surface area contributed by atoms with Crippen molar-refractivity contribution < 1.29 is 9.52 Å². The summed E-state index contributed by atoms with van der Waals surface area (Å²) in [6.07, 6.45) is -0.748. The van der Waals surface area contributed by atoms with Crippen LogP contribution < -0.4 is 0 Å². The molecule has 2 aromatic carbocycles. The molecule has 1 aromatic heterocycles. The van der Waals surface area contributed by atoms with Gasteiger partial charge in [0.2, 0.25) is 0 Å². The molecule has 3 aromatic rings. The largest absolute Gasteiger partial charge is 0.451 e. The number of halogens is 1. The Kier molecular flexibility index (Phi) is 2.94. The summed E-state index contributed by atoms with van der Waals surface area (Å²) in [4.78, 5) is 0. The molecule has 0 saturated heterocycles. The van der Waals surface area contributed by atoms with Crippen molar-refractivity contribution in [2.45, 2.75) is 6.10 Å². The highest BCUT2D eigenvalue weighted by molar-refractivity contribution is 9.10. The quantitative estimate of drug-likeness (QED) is 0.766. The minimum atomic E-state index is -0.748. The zero-order valence-corrected chi connectivity index (χ0v) is 11.1. The van der Waals surface area contributed by atoms with Crippen molar-refractivity contribution in [3.05, 3.63) is 70.6 Å². The number of aliphatic hydroxyl groups is 1. The first-order chi connectivity index (χ1) is 8.75. The van der Waals surface area contributed by atoms with Gasteiger partial charge in [-0.05, 0) is 44.4 Å². The Morgan fingerprint density at radius 2 is 1.72 bits per heavy atom. The maximum absolute atomic E-state index is 10.4. The Labute approximate surface area is 113 Å². The minimum absolute atomic E-state index is 0.540. The molecule has 0 aliphatic heterocycles. The molecule has 1 N–H and O–H groups in total. The molecular formula is C15H11BrO2. The summed E-state index contributed by atoms with van der Waals surface area (Å²) in [5.74, 6) is 0.540. The molecule has 0 spiro atoms. The maximum Gasteiger partial charge on any atom is 0.169 e. The van der Waals surface area contributed by atoms with Crippen LogP contribution in [0.1, 0.15) is 17.4 Å². The SMILES string of the molecule is OC(c1ccc(Br)o1)c1cccc2ccccc12. The van der Waals surface area contributed by atoms with Crippen LogP contribution in [0.2, 0.25) is 0 Å². The molecule has 1 heterocycles. The summed E-state index contributed by atoms with van der Waals surface area (Å²) in [6.45, 7) is 0. The van der Waals surface area contributed by atoms with Gasteiger partial charge in [0.25, 0.3) is 0 Å². The highest BCUT2D eigenvalue weighted by Crippen LogP contribution is 2.30. The first-order valence-corrected chi connectivity index (χ1v) is 6.46. The normalized spacial score (nSPS) is 12.8. The van der Waals surface area contributed by atoms with Crippen LogP contribution in [-0.4, -0.2) is 5.11 Å². The topological polar surface area (TPSA) is 33.4 Å². The predicted molar refractivity (Wildman–Crippen MR) is 74.4 cm³/mol. The Bertz CT molecular complexity index is 682. The molecule has 3 heteroatoms. The van der Waals surface area contributed by atoms with Gasteiger partial charge in [-0.2, -0.15) is 0 Å². The molecule has 0 fully saturated rings. The Morgan fingerprint density at radius 3 is 2.50 bits per heavy atom. The zero-order chi connectivity index (χ0) is 12.5. The summed E-state index contributed by atoms with van der Waals surface area (Å²) in [7, 11) is 0. The second kappa shape index (κ2) is 4.59. The van der Waals surface area contributed by atoms with Gasteiger partial charge in [-0.15, -0.1) is 0 Å². The van der Waals surface area contributed by atoms with Gasteiger partial charge < -0.3 is 9.52 Å². The fraction of sp³-hybridized carbons (Fsp3) is 0.0667. The molecule has 18 heavy (non-hydrogen) atoms. The average Bonchev–Trinajstić information content (AvgIpc) is 2.84. The molecule has 0 aliphatic rings. The van der Waals surface area contributed by atoms with E-state index in [-0.39, 0.29) is 0 Å². The Hall–Kier alpha value is -1.58. The van der Waals surface area contributed by atoms with Crippen LogP contribution in [0.5, 0.6) is 0 Å². The number of fused-ring (bicyclic) bond motifs is 1. The van der Waals surface area contributed by atoms with Crippen molar-refractivity contribution in [1.82, 2.24) is 0 Å². The fourth-order valence-corrected chi connectivity index (χ4v) is 2.44. The molecule has 0 radical (unpaired) electrons. The van der Waals surface area contributed by atoms with Crippen LogP contribution in [-0.2, 0) is 0 Å². The van der Waals surface area contributed by atoms with Gasteiger partial charge in [0.15, 0.2) is 4.67 Å². The number of benzene rings is 2. The molecule has 0 saturated carbocycles. The second-order valence-electron chi connectivity index (χ2n) is 4.11. The number of rotatable bonds is 2. The molecule has 1 atom stereocenters. The van der Waals surface area contributed by atoms with Crippen molar-refractivity contribution >= 4 is 26.7 Å². The molecule has 90 valence electrons. The highest BCUT2D eigenvalue weighted by Gasteiger charge is 2.16. The van der Waals surface area contributed by atoms with E-state index in [0.717, 1.165) is 16.3 Å². The monoisotopic (exact) mass is 302 g/mol. The first kappa shape index (κ1) is 11.5. The molecule has 2 nitrogen and oxygen atoms in total. The molecular weight excluding hydrogens is 292 g/mol. The van der Waals surface area contributed by atoms with Gasteiger partial charge in [0.1, 0.15) is 11.9 Å². The first-order valence-electron chi connectivity index (χ1n) is 5.66. The van der Waals surface area contributed by atoms with Crippen molar-refractivity contribution in [2.75, 3.05) is 0 Å². The Balaban J connectivity index is 2.14. The number of hydrogen-bond acceptors (Lipinski definition) is 2. The molecule has 3 rings (SSSR count). The zero-order valence-electron chi connectivity index (χ0n) is 9.51. The lowest BCUT2D eigenvalue weighted by molar-refractivity contribution is 0.189. The summed E-state index contributed by atoms with van der Waals surface area (Å²) in [5.41, 5.74) is 0.856. The van der Waals surface area contributed by atoms with E-state index in [9.17, 15) is 5.11 Å². The standard InChI is InChI=1S/C15H11BrO2/c16-14-9-8-13(18-14)15(17)12-7-3-5-10-4-1-2-6-11(10)12/h1-9,15,17H. The lowest BCUT2D eigenvalue weighted by Gasteiger charge is -2.11. The van der Waals surface area contributed by atoms with Gasteiger partial charge in [-0.1, -0.05) is 42.5 Å². The lowest BCUT2D eigenvalue weighted by atomic mass is 9.99. The third-order valence-corrected chi connectivity index (χ3v) is 3.41. The van der Waals surface area contributed by atoms with Gasteiger partial charge >= 0.3 is 0 Å². The van der Waals surface area contributed by atoms with E-state index in [2.05, 4.69) is 15.9 Å². The van der Waals surface area contributed by atoms with E-state index in [1.807, 2.05) is 42.5 Å². The smallest absolute Gasteiger partial charge is 0.169 e. The van der Waals surface area contributed by atoms with E-state index in [1.54, 1.807) is 12.1 Å². The highest BCUT2D eigenvalue weighted by atomic mass is 79.9. The number of aliphatic hydroxyl groups excluding tert-OH is 1. The summed E-state index contributed by atoms with van der Waals surface area (Å²) >= 11 is 3.24. The van der Waals surface area contributed by atoms with Crippen LogP contribution in [0.3, 0.4) is 0 Å². The van der Waals surface area contributed by atoms with Crippen LogP contribution in [0.4, 0.5) is 0 Å². The minimum Gasteiger partial charge on any atom is -0.451 e. The summed E-state index contributed by atoms with van der Waals surface area (Å²) < 4.78 is 6.04. The predicted octanol–water partition coefficient (Wildman–Crippen LogP) is 4.28.